The van der Waals surface area contributed by atoms with E-state index < -0.39 is 0 Å². The summed E-state index contributed by atoms with van der Waals surface area (Å²) in [7, 11) is 3.05. The zero-order chi connectivity index (χ0) is 13.8. The van der Waals surface area contributed by atoms with Crippen molar-refractivity contribution in [3.63, 3.8) is 0 Å². The summed E-state index contributed by atoms with van der Waals surface area (Å²) < 4.78 is 9.97. The zero-order valence-electron chi connectivity index (χ0n) is 11.4. The molecule has 1 saturated carbocycles. The molecule has 1 aliphatic carbocycles. The highest BCUT2D eigenvalue weighted by molar-refractivity contribution is 5.99. The van der Waals surface area contributed by atoms with E-state index in [1.54, 1.807) is 19.2 Å². The van der Waals surface area contributed by atoms with E-state index in [4.69, 9.17) is 15.2 Å². The van der Waals surface area contributed by atoms with Gasteiger partial charge in [0.15, 0.2) is 0 Å². The van der Waals surface area contributed by atoms with Crippen LogP contribution in [0.5, 0.6) is 0 Å². The van der Waals surface area contributed by atoms with Crippen LogP contribution >= 0.6 is 0 Å². The molecular formula is C14H20N2O3. The largest absolute Gasteiger partial charge is 0.465 e. The molecule has 2 rings (SSSR count). The first kappa shape index (κ1) is 13.7. The Kier molecular flexibility index (Phi) is 4.27. The number of para-hydroxylation sites is 1. The lowest BCUT2D eigenvalue weighted by atomic mass is 10.1. The number of nitrogens with two attached hydrogens (primary N) is 1. The summed E-state index contributed by atoms with van der Waals surface area (Å²) in [6.45, 7) is 1.32. The minimum Gasteiger partial charge on any atom is -0.465 e. The van der Waals surface area contributed by atoms with Gasteiger partial charge in [-0.15, -0.1) is 0 Å². The number of methoxy groups -OCH3 is 2. The number of nitrogen functional groups attached to an aromatic ring is 1. The van der Waals surface area contributed by atoms with E-state index >= 15 is 0 Å². The van der Waals surface area contributed by atoms with E-state index in [1.165, 1.54) is 7.11 Å². The number of rotatable bonds is 6. The van der Waals surface area contributed by atoms with Gasteiger partial charge in [0.2, 0.25) is 0 Å². The lowest BCUT2D eigenvalue weighted by Crippen LogP contribution is -2.31. The lowest BCUT2D eigenvalue weighted by Gasteiger charge is -2.27. The van der Waals surface area contributed by atoms with Crippen molar-refractivity contribution in [1.29, 1.82) is 0 Å². The first-order valence-corrected chi connectivity index (χ1v) is 6.41. The van der Waals surface area contributed by atoms with Gasteiger partial charge in [0.1, 0.15) is 0 Å². The van der Waals surface area contributed by atoms with Gasteiger partial charge in [-0.3, -0.25) is 0 Å². The second-order valence-electron chi connectivity index (χ2n) is 4.65. The molecule has 0 radical (unpaired) electrons. The van der Waals surface area contributed by atoms with Crippen molar-refractivity contribution in [2.24, 2.45) is 0 Å². The summed E-state index contributed by atoms with van der Waals surface area (Å²) in [4.78, 5) is 14.0. The molecule has 2 N–H and O–H groups in total. The van der Waals surface area contributed by atoms with Gasteiger partial charge in [0.05, 0.1) is 30.7 Å². The fraction of sp³-hybridized carbons (Fsp3) is 0.500. The van der Waals surface area contributed by atoms with Crippen LogP contribution in [0.2, 0.25) is 0 Å². The molecule has 104 valence electrons. The molecule has 1 aromatic carbocycles. The van der Waals surface area contributed by atoms with Crippen LogP contribution in [0, 0.1) is 0 Å². The molecule has 0 aromatic heterocycles. The van der Waals surface area contributed by atoms with Gasteiger partial charge in [-0.1, -0.05) is 6.07 Å². The smallest absolute Gasteiger partial charge is 0.340 e. The van der Waals surface area contributed by atoms with Crippen molar-refractivity contribution in [1.82, 2.24) is 0 Å². The van der Waals surface area contributed by atoms with Crippen molar-refractivity contribution >= 4 is 17.3 Å². The summed E-state index contributed by atoms with van der Waals surface area (Å²) in [5.41, 5.74) is 7.96. The molecule has 0 bridgehead atoms. The number of hydrogen-bond donors (Lipinski definition) is 1. The molecule has 0 aliphatic heterocycles. The number of carbonyl (C=O) groups excluding carboxylic acids is 1. The Labute approximate surface area is 113 Å². The molecule has 1 fully saturated rings. The predicted octanol–water partition coefficient (Wildman–Crippen LogP) is 1.67. The van der Waals surface area contributed by atoms with E-state index in [0.29, 0.717) is 23.9 Å². The minimum absolute atomic E-state index is 0.356. The van der Waals surface area contributed by atoms with E-state index in [0.717, 1.165) is 25.1 Å². The average Bonchev–Trinajstić information content (AvgIpc) is 3.24. The summed E-state index contributed by atoms with van der Waals surface area (Å²) in [5, 5.41) is 0. The number of esters is 1. The number of ether oxygens (including phenoxy) is 2. The molecule has 0 unspecified atom stereocenters. The van der Waals surface area contributed by atoms with Gasteiger partial charge in [0, 0.05) is 19.7 Å². The Morgan fingerprint density at radius 1 is 1.42 bits per heavy atom. The van der Waals surface area contributed by atoms with Crippen LogP contribution in [0.25, 0.3) is 0 Å². The normalized spacial score (nSPS) is 14.2. The molecule has 0 heterocycles. The maximum absolute atomic E-state index is 11.9. The summed E-state index contributed by atoms with van der Waals surface area (Å²) >= 11 is 0. The Balaban J connectivity index is 2.36. The summed E-state index contributed by atoms with van der Waals surface area (Å²) in [5.74, 6) is -0.356. The van der Waals surface area contributed by atoms with E-state index in [-0.39, 0.29) is 5.97 Å². The topological polar surface area (TPSA) is 64.8 Å². The monoisotopic (exact) mass is 264 g/mol. The third kappa shape index (κ3) is 2.98. The molecule has 19 heavy (non-hydrogen) atoms. The highest BCUT2D eigenvalue weighted by Gasteiger charge is 2.32. The van der Waals surface area contributed by atoms with Crippen molar-refractivity contribution in [3.05, 3.63) is 23.8 Å². The van der Waals surface area contributed by atoms with Crippen LogP contribution in [0.15, 0.2) is 18.2 Å². The van der Waals surface area contributed by atoms with Crippen molar-refractivity contribution in [2.75, 3.05) is 38.0 Å². The summed E-state index contributed by atoms with van der Waals surface area (Å²) in [6.07, 6.45) is 2.25. The first-order valence-electron chi connectivity index (χ1n) is 6.41. The van der Waals surface area contributed by atoms with Crippen LogP contribution < -0.4 is 10.6 Å². The van der Waals surface area contributed by atoms with Gasteiger partial charge in [-0.2, -0.15) is 0 Å². The fourth-order valence-electron chi connectivity index (χ4n) is 2.21. The highest BCUT2D eigenvalue weighted by Crippen LogP contribution is 2.37. The summed E-state index contributed by atoms with van der Waals surface area (Å²) in [6, 6.07) is 5.78. The highest BCUT2D eigenvalue weighted by atomic mass is 16.5. The standard InChI is InChI=1S/C14H20N2O3/c1-18-9-8-16(10-6-7-10)13-11(14(17)19-2)4-3-5-12(13)15/h3-5,10H,6-9,15H2,1-2H3. The van der Waals surface area contributed by atoms with E-state index in [9.17, 15) is 4.79 Å². The lowest BCUT2D eigenvalue weighted by molar-refractivity contribution is 0.0601. The molecule has 1 aromatic rings. The SMILES string of the molecule is COCCN(c1c(N)cccc1C(=O)OC)C1CC1. The molecule has 0 atom stereocenters. The zero-order valence-corrected chi connectivity index (χ0v) is 11.4. The average molecular weight is 264 g/mol. The van der Waals surface area contributed by atoms with Crippen LogP contribution in [0.3, 0.4) is 0 Å². The maximum Gasteiger partial charge on any atom is 0.340 e. The van der Waals surface area contributed by atoms with Crippen molar-refractivity contribution < 1.29 is 14.3 Å². The molecule has 0 saturated heterocycles. The Hall–Kier alpha value is -1.75. The predicted molar refractivity (Wildman–Crippen MR) is 74.4 cm³/mol. The second-order valence-corrected chi connectivity index (χ2v) is 4.65. The Morgan fingerprint density at radius 3 is 2.74 bits per heavy atom. The quantitative estimate of drug-likeness (QED) is 0.625. The second kappa shape index (κ2) is 5.93. The Bertz CT molecular complexity index is 458. The van der Waals surface area contributed by atoms with Crippen molar-refractivity contribution in [2.45, 2.75) is 18.9 Å². The molecular weight excluding hydrogens is 244 g/mol. The maximum atomic E-state index is 11.9. The van der Waals surface area contributed by atoms with Crippen LogP contribution in [-0.4, -0.2) is 39.4 Å². The van der Waals surface area contributed by atoms with Crippen LogP contribution in [0.4, 0.5) is 11.4 Å². The number of nitrogens with zero attached hydrogens (tertiary/aromatic N) is 1. The minimum atomic E-state index is -0.356. The third-order valence-electron chi connectivity index (χ3n) is 3.28. The number of hydrogen-bond acceptors (Lipinski definition) is 5. The number of anilines is 2. The molecule has 5 heteroatoms. The molecule has 1 aliphatic rings. The van der Waals surface area contributed by atoms with E-state index in [2.05, 4.69) is 4.90 Å². The van der Waals surface area contributed by atoms with Gasteiger partial charge in [-0.05, 0) is 25.0 Å². The first-order chi connectivity index (χ1) is 9.19. The van der Waals surface area contributed by atoms with Gasteiger partial charge in [-0.25, -0.2) is 4.79 Å². The number of benzene rings is 1. The molecule has 0 amide bonds. The van der Waals surface area contributed by atoms with E-state index in [1.807, 2.05) is 6.07 Å². The van der Waals surface area contributed by atoms with Crippen LogP contribution in [0.1, 0.15) is 23.2 Å². The van der Waals surface area contributed by atoms with Gasteiger partial charge >= 0.3 is 5.97 Å². The third-order valence-corrected chi connectivity index (χ3v) is 3.28. The van der Waals surface area contributed by atoms with Crippen LogP contribution in [-0.2, 0) is 9.47 Å². The van der Waals surface area contributed by atoms with Gasteiger partial charge in [0.25, 0.3) is 0 Å². The van der Waals surface area contributed by atoms with Crippen molar-refractivity contribution in [3.8, 4) is 0 Å². The molecule has 5 nitrogen and oxygen atoms in total. The molecule has 0 spiro atoms. The number of carbonyl (C=O) groups is 1. The van der Waals surface area contributed by atoms with Gasteiger partial charge < -0.3 is 20.1 Å². The Morgan fingerprint density at radius 2 is 2.16 bits per heavy atom. The fourth-order valence-corrected chi connectivity index (χ4v) is 2.21.